The van der Waals surface area contributed by atoms with E-state index in [1.165, 1.54) is 0 Å². The van der Waals surface area contributed by atoms with E-state index in [9.17, 15) is 9.90 Å². The van der Waals surface area contributed by atoms with Crippen LogP contribution in [-0.4, -0.2) is 38.6 Å². The van der Waals surface area contributed by atoms with Crippen LogP contribution in [0.1, 0.15) is 25.2 Å². The maximum absolute atomic E-state index is 12.1. The van der Waals surface area contributed by atoms with E-state index in [0.29, 0.717) is 24.4 Å². The summed E-state index contributed by atoms with van der Waals surface area (Å²) in [7, 11) is 1.90. The number of aryl methyl sites for hydroxylation is 1. The second kappa shape index (κ2) is 5.34. The number of aromatic nitrogens is 2. The van der Waals surface area contributed by atoms with Gasteiger partial charge >= 0.3 is 0 Å². The van der Waals surface area contributed by atoms with Crippen molar-refractivity contribution in [1.82, 2.24) is 14.3 Å². The molecular weight excluding hydrogens is 254 g/mol. The average molecular weight is 275 g/mol. The zero-order chi connectivity index (χ0) is 14.9. The van der Waals surface area contributed by atoms with Crippen molar-refractivity contribution in [1.29, 1.82) is 0 Å². The van der Waals surface area contributed by atoms with E-state index in [-0.39, 0.29) is 5.56 Å². The average Bonchev–Trinajstić information content (AvgIpc) is 2.25. The van der Waals surface area contributed by atoms with Crippen LogP contribution < -0.4 is 5.56 Å². The summed E-state index contributed by atoms with van der Waals surface area (Å²) >= 11 is 0. The number of likely N-dealkylation sites (N-methyl/N-ethyl adjacent to an activating group) is 1. The molecule has 0 amide bonds. The van der Waals surface area contributed by atoms with Gasteiger partial charge in [-0.15, -0.1) is 0 Å². The lowest BCUT2D eigenvalue weighted by atomic mass is 10.1. The number of hydrogen-bond donors (Lipinski definition) is 1. The number of nitrogens with zero attached hydrogens (tertiary/aromatic N) is 3. The van der Waals surface area contributed by atoms with Crippen LogP contribution in [-0.2, 0) is 6.54 Å². The van der Waals surface area contributed by atoms with Gasteiger partial charge in [0.05, 0.1) is 11.3 Å². The van der Waals surface area contributed by atoms with Gasteiger partial charge in [0.25, 0.3) is 5.56 Å². The summed E-state index contributed by atoms with van der Waals surface area (Å²) in [5.74, 6) is 0. The van der Waals surface area contributed by atoms with Crippen LogP contribution in [0.2, 0.25) is 0 Å². The first-order valence-electron chi connectivity index (χ1n) is 6.65. The zero-order valence-corrected chi connectivity index (χ0v) is 12.4. The Morgan fingerprint density at radius 3 is 2.75 bits per heavy atom. The second-order valence-electron chi connectivity index (χ2n) is 5.93. The molecule has 0 aliphatic heterocycles. The molecule has 20 heavy (non-hydrogen) atoms. The molecule has 0 bridgehead atoms. The van der Waals surface area contributed by atoms with Crippen molar-refractivity contribution >= 4 is 5.65 Å². The van der Waals surface area contributed by atoms with E-state index in [0.717, 1.165) is 5.69 Å². The van der Waals surface area contributed by atoms with E-state index in [4.69, 9.17) is 0 Å². The van der Waals surface area contributed by atoms with Gasteiger partial charge in [-0.2, -0.15) is 0 Å². The molecule has 108 valence electrons. The predicted molar refractivity (Wildman–Crippen MR) is 78.8 cm³/mol. The third-order valence-electron chi connectivity index (χ3n) is 3.02. The Hall–Kier alpha value is -1.72. The molecule has 2 rings (SSSR count). The van der Waals surface area contributed by atoms with Crippen LogP contribution in [0.15, 0.2) is 29.1 Å². The summed E-state index contributed by atoms with van der Waals surface area (Å²) in [6.45, 7) is 6.45. The number of pyridine rings is 1. The molecule has 2 aromatic heterocycles. The maximum atomic E-state index is 12.1. The van der Waals surface area contributed by atoms with Crippen LogP contribution in [0, 0.1) is 6.92 Å². The molecule has 0 aromatic carbocycles. The third-order valence-corrected chi connectivity index (χ3v) is 3.02. The van der Waals surface area contributed by atoms with Crippen LogP contribution in [0.3, 0.4) is 0 Å². The fourth-order valence-corrected chi connectivity index (χ4v) is 2.44. The fraction of sp³-hybridized carbons (Fsp3) is 0.467. The van der Waals surface area contributed by atoms with Gasteiger partial charge in [0.1, 0.15) is 5.65 Å². The van der Waals surface area contributed by atoms with Crippen molar-refractivity contribution in [3.05, 3.63) is 46.0 Å². The molecule has 5 nitrogen and oxygen atoms in total. The van der Waals surface area contributed by atoms with Gasteiger partial charge in [0.15, 0.2) is 0 Å². The molecule has 0 unspecified atom stereocenters. The predicted octanol–water partition coefficient (Wildman–Crippen LogP) is 1.21. The van der Waals surface area contributed by atoms with Crippen molar-refractivity contribution in [3.8, 4) is 0 Å². The summed E-state index contributed by atoms with van der Waals surface area (Å²) < 4.78 is 1.60. The lowest BCUT2D eigenvalue weighted by molar-refractivity contribution is 0.0422. The molecule has 0 atom stereocenters. The first kappa shape index (κ1) is 14.7. The van der Waals surface area contributed by atoms with E-state index >= 15 is 0 Å². The fourth-order valence-electron chi connectivity index (χ4n) is 2.44. The summed E-state index contributed by atoms with van der Waals surface area (Å²) in [4.78, 5) is 18.6. The normalized spacial score (nSPS) is 12.3. The Balaban J connectivity index is 2.31. The molecule has 0 radical (unpaired) electrons. The summed E-state index contributed by atoms with van der Waals surface area (Å²) in [5, 5.41) is 9.80. The van der Waals surface area contributed by atoms with Crippen LogP contribution in [0.5, 0.6) is 0 Å². The monoisotopic (exact) mass is 275 g/mol. The molecule has 5 heteroatoms. The first-order valence-corrected chi connectivity index (χ1v) is 6.65. The molecule has 1 N–H and O–H groups in total. The number of fused-ring (bicyclic) bond motifs is 1. The minimum absolute atomic E-state index is 0.0697. The smallest absolute Gasteiger partial charge is 0.258 e. The molecule has 2 heterocycles. The highest BCUT2D eigenvalue weighted by molar-refractivity contribution is 5.40. The number of aliphatic hydroxyl groups is 1. The van der Waals surface area contributed by atoms with Crippen LogP contribution in [0.25, 0.3) is 5.65 Å². The summed E-state index contributed by atoms with van der Waals surface area (Å²) in [6.07, 6.45) is 0. The van der Waals surface area contributed by atoms with E-state index < -0.39 is 5.60 Å². The molecule has 0 aliphatic rings. The van der Waals surface area contributed by atoms with Gasteiger partial charge in [-0.05, 0) is 40.0 Å². The Morgan fingerprint density at radius 1 is 1.40 bits per heavy atom. The van der Waals surface area contributed by atoms with Gasteiger partial charge in [-0.25, -0.2) is 4.98 Å². The van der Waals surface area contributed by atoms with Gasteiger partial charge in [-0.3, -0.25) is 14.1 Å². The Labute approximate surface area is 118 Å². The number of hydrogen-bond acceptors (Lipinski definition) is 4. The molecule has 2 aromatic rings. The van der Waals surface area contributed by atoms with Gasteiger partial charge < -0.3 is 5.11 Å². The minimum atomic E-state index is -0.767. The lowest BCUT2D eigenvalue weighted by Gasteiger charge is -2.25. The van der Waals surface area contributed by atoms with E-state index in [2.05, 4.69) is 4.98 Å². The minimum Gasteiger partial charge on any atom is -0.389 e. The molecule has 0 fully saturated rings. The standard InChI is InChI=1S/C15H21N3O2/c1-11-6-5-7-13-16-12(8-14(19)18(11)13)9-17(4)10-15(2,3)20/h5-8,20H,9-10H2,1-4H3. The highest BCUT2D eigenvalue weighted by Crippen LogP contribution is 2.08. The van der Waals surface area contributed by atoms with Crippen molar-refractivity contribution in [2.45, 2.75) is 32.9 Å². The Bertz CT molecular complexity index is 671. The molecular formula is C15H21N3O2. The van der Waals surface area contributed by atoms with E-state index in [1.54, 1.807) is 24.3 Å². The van der Waals surface area contributed by atoms with Crippen LogP contribution >= 0.6 is 0 Å². The van der Waals surface area contributed by atoms with Gasteiger partial charge in [0, 0.05) is 24.8 Å². The third kappa shape index (κ3) is 3.43. The van der Waals surface area contributed by atoms with Crippen molar-refractivity contribution in [2.24, 2.45) is 0 Å². The van der Waals surface area contributed by atoms with Crippen molar-refractivity contribution in [3.63, 3.8) is 0 Å². The SMILES string of the molecule is Cc1cccc2nc(CN(C)CC(C)(C)O)cc(=O)n12. The highest BCUT2D eigenvalue weighted by Gasteiger charge is 2.16. The first-order chi connectivity index (χ1) is 9.26. The molecule has 0 aliphatic carbocycles. The molecule has 0 spiro atoms. The zero-order valence-electron chi connectivity index (χ0n) is 12.4. The quantitative estimate of drug-likeness (QED) is 0.911. The van der Waals surface area contributed by atoms with Crippen molar-refractivity contribution in [2.75, 3.05) is 13.6 Å². The van der Waals surface area contributed by atoms with Gasteiger partial charge in [0.2, 0.25) is 0 Å². The van der Waals surface area contributed by atoms with E-state index in [1.807, 2.05) is 37.1 Å². The summed E-state index contributed by atoms with van der Waals surface area (Å²) in [6, 6.07) is 7.16. The maximum Gasteiger partial charge on any atom is 0.258 e. The molecule has 0 saturated heterocycles. The highest BCUT2D eigenvalue weighted by atomic mass is 16.3. The topological polar surface area (TPSA) is 57.8 Å². The lowest BCUT2D eigenvalue weighted by Crippen LogP contribution is -2.36. The largest absolute Gasteiger partial charge is 0.389 e. The number of rotatable bonds is 4. The van der Waals surface area contributed by atoms with Crippen LogP contribution in [0.4, 0.5) is 0 Å². The Morgan fingerprint density at radius 2 is 2.10 bits per heavy atom. The van der Waals surface area contributed by atoms with Gasteiger partial charge in [-0.1, -0.05) is 6.07 Å². The second-order valence-corrected chi connectivity index (χ2v) is 5.93. The summed E-state index contributed by atoms with van der Waals surface area (Å²) in [5.41, 5.74) is 1.41. The Kier molecular flexibility index (Phi) is 3.92. The molecule has 0 saturated carbocycles. The van der Waals surface area contributed by atoms with Crippen molar-refractivity contribution < 1.29 is 5.11 Å².